The fraction of sp³-hybridized carbons (Fsp3) is 0.167. The maximum atomic E-state index is 10.3. The number of nitrogens with zero attached hydrogens (tertiary/aromatic N) is 3. The monoisotopic (exact) mass is 399 g/mol. The zero-order chi connectivity index (χ0) is 21.1. The van der Waals surface area contributed by atoms with Crippen LogP contribution in [0.5, 0.6) is 11.6 Å². The van der Waals surface area contributed by atoms with E-state index >= 15 is 0 Å². The number of ether oxygens (including phenoxy) is 2. The van der Waals surface area contributed by atoms with Crippen molar-refractivity contribution < 1.29 is 14.6 Å². The Morgan fingerprint density at radius 3 is 2.60 bits per heavy atom. The van der Waals surface area contributed by atoms with Crippen molar-refractivity contribution in [3.8, 4) is 28.8 Å². The van der Waals surface area contributed by atoms with E-state index in [1.807, 2.05) is 42.5 Å². The van der Waals surface area contributed by atoms with Crippen molar-refractivity contribution in [1.82, 2.24) is 9.55 Å². The van der Waals surface area contributed by atoms with Gasteiger partial charge in [0, 0.05) is 40.8 Å². The number of pyridine rings is 1. The highest BCUT2D eigenvalue weighted by atomic mass is 16.5. The number of fused-ring (bicyclic) bond motifs is 1. The van der Waals surface area contributed by atoms with Crippen molar-refractivity contribution >= 4 is 10.9 Å². The molecule has 2 aromatic carbocycles. The lowest BCUT2D eigenvalue weighted by molar-refractivity contribution is 0.273. The Kier molecular flexibility index (Phi) is 5.38. The molecule has 0 aliphatic rings. The van der Waals surface area contributed by atoms with Gasteiger partial charge in [0.1, 0.15) is 5.75 Å². The lowest BCUT2D eigenvalue weighted by atomic mass is 10.0. The second-order valence-electron chi connectivity index (χ2n) is 6.85. The smallest absolute Gasteiger partial charge is 0.212 e. The van der Waals surface area contributed by atoms with E-state index < -0.39 is 0 Å². The molecular weight excluding hydrogens is 378 g/mol. The summed E-state index contributed by atoms with van der Waals surface area (Å²) in [5.41, 5.74) is 5.02. The van der Waals surface area contributed by atoms with Crippen LogP contribution in [0.4, 0.5) is 0 Å². The van der Waals surface area contributed by atoms with Crippen molar-refractivity contribution in [1.29, 1.82) is 5.26 Å². The van der Waals surface area contributed by atoms with Gasteiger partial charge in [-0.1, -0.05) is 12.1 Å². The number of aliphatic hydroxyl groups excluding tert-OH is 1. The van der Waals surface area contributed by atoms with Crippen LogP contribution in [0.1, 0.15) is 16.8 Å². The molecule has 6 nitrogen and oxygen atoms in total. The van der Waals surface area contributed by atoms with E-state index in [1.165, 1.54) is 0 Å². The molecule has 150 valence electrons. The Balaban J connectivity index is 1.94. The second kappa shape index (κ2) is 8.27. The average Bonchev–Trinajstić information content (AvgIpc) is 3.11. The largest absolute Gasteiger partial charge is 0.497 e. The van der Waals surface area contributed by atoms with E-state index in [-0.39, 0.29) is 6.61 Å². The molecule has 1 N–H and O–H groups in total. The van der Waals surface area contributed by atoms with E-state index in [4.69, 9.17) is 9.47 Å². The van der Waals surface area contributed by atoms with Gasteiger partial charge < -0.3 is 19.1 Å². The number of aromatic nitrogens is 2. The standard InChI is InChI=1S/C24H21N3O3/c1-29-19-5-3-4-17(10-19)14-27-21-8-6-16(12-25)11-20(21)24(22(27)15-28)18-7-9-23(30-2)26-13-18/h3-11,13,28H,14-15H2,1-2H3. The molecule has 0 fully saturated rings. The molecule has 0 spiro atoms. The van der Waals surface area contributed by atoms with Crippen LogP contribution in [0.2, 0.25) is 0 Å². The van der Waals surface area contributed by atoms with Crippen molar-refractivity contribution in [2.24, 2.45) is 0 Å². The molecule has 0 amide bonds. The van der Waals surface area contributed by atoms with Gasteiger partial charge in [-0.15, -0.1) is 0 Å². The average molecular weight is 399 g/mol. The number of rotatable bonds is 6. The van der Waals surface area contributed by atoms with Gasteiger partial charge in [-0.2, -0.15) is 5.26 Å². The summed E-state index contributed by atoms with van der Waals surface area (Å²) in [5, 5.41) is 20.6. The SMILES string of the molecule is COc1cccc(Cn2c(CO)c(-c3ccc(OC)nc3)c3cc(C#N)ccc32)c1. The maximum absolute atomic E-state index is 10.3. The zero-order valence-electron chi connectivity index (χ0n) is 16.8. The van der Waals surface area contributed by atoms with Crippen LogP contribution >= 0.6 is 0 Å². The first-order valence-corrected chi connectivity index (χ1v) is 9.48. The molecule has 0 atom stereocenters. The van der Waals surface area contributed by atoms with Crippen LogP contribution in [-0.4, -0.2) is 28.9 Å². The van der Waals surface area contributed by atoms with Crippen LogP contribution in [0.25, 0.3) is 22.0 Å². The summed E-state index contributed by atoms with van der Waals surface area (Å²) in [6.07, 6.45) is 1.72. The number of aliphatic hydroxyl groups is 1. The summed E-state index contributed by atoms with van der Waals surface area (Å²) in [4.78, 5) is 4.32. The fourth-order valence-corrected chi connectivity index (χ4v) is 3.75. The third-order valence-electron chi connectivity index (χ3n) is 5.16. The first-order valence-electron chi connectivity index (χ1n) is 9.48. The van der Waals surface area contributed by atoms with Crippen LogP contribution in [0, 0.1) is 11.3 Å². The highest BCUT2D eigenvalue weighted by molar-refractivity contribution is 5.98. The van der Waals surface area contributed by atoms with Gasteiger partial charge in [-0.3, -0.25) is 0 Å². The molecular formula is C24H21N3O3. The van der Waals surface area contributed by atoms with E-state index in [0.29, 0.717) is 18.0 Å². The second-order valence-corrected chi connectivity index (χ2v) is 6.85. The summed E-state index contributed by atoms with van der Waals surface area (Å²) in [5.74, 6) is 1.29. The van der Waals surface area contributed by atoms with Gasteiger partial charge in [0.25, 0.3) is 0 Å². The molecule has 0 radical (unpaired) electrons. The quantitative estimate of drug-likeness (QED) is 0.527. The Morgan fingerprint density at radius 1 is 1.07 bits per heavy atom. The van der Waals surface area contributed by atoms with Gasteiger partial charge in [0.15, 0.2) is 0 Å². The molecule has 2 heterocycles. The van der Waals surface area contributed by atoms with Crippen molar-refractivity contribution in [2.75, 3.05) is 14.2 Å². The van der Waals surface area contributed by atoms with Gasteiger partial charge in [0.05, 0.1) is 38.2 Å². The van der Waals surface area contributed by atoms with E-state index in [9.17, 15) is 10.4 Å². The summed E-state index contributed by atoms with van der Waals surface area (Å²) in [6.45, 7) is 0.404. The minimum Gasteiger partial charge on any atom is -0.497 e. The van der Waals surface area contributed by atoms with Crippen molar-refractivity contribution in [2.45, 2.75) is 13.2 Å². The highest BCUT2D eigenvalue weighted by Crippen LogP contribution is 2.36. The number of nitriles is 1. The topological polar surface area (TPSA) is 80.3 Å². The summed E-state index contributed by atoms with van der Waals surface area (Å²) < 4.78 is 12.6. The minimum atomic E-state index is -0.151. The Bertz CT molecular complexity index is 1240. The molecule has 4 aromatic rings. The molecule has 0 bridgehead atoms. The van der Waals surface area contributed by atoms with Gasteiger partial charge >= 0.3 is 0 Å². The Hall–Kier alpha value is -3.82. The molecule has 0 saturated heterocycles. The van der Waals surface area contributed by atoms with E-state index in [2.05, 4.69) is 15.6 Å². The lowest BCUT2D eigenvalue weighted by Gasteiger charge is -2.12. The van der Waals surface area contributed by atoms with Crippen molar-refractivity contribution in [3.63, 3.8) is 0 Å². The zero-order valence-corrected chi connectivity index (χ0v) is 16.8. The highest BCUT2D eigenvalue weighted by Gasteiger charge is 2.19. The number of hydrogen-bond acceptors (Lipinski definition) is 5. The molecule has 2 aromatic heterocycles. The lowest BCUT2D eigenvalue weighted by Crippen LogP contribution is -2.05. The fourth-order valence-electron chi connectivity index (χ4n) is 3.75. The third kappa shape index (κ3) is 3.47. The van der Waals surface area contributed by atoms with Crippen LogP contribution in [0.15, 0.2) is 60.8 Å². The molecule has 0 aliphatic heterocycles. The van der Waals surface area contributed by atoms with E-state index in [1.54, 1.807) is 32.5 Å². The van der Waals surface area contributed by atoms with Crippen molar-refractivity contribution in [3.05, 3.63) is 77.6 Å². The number of hydrogen-bond donors (Lipinski definition) is 1. The van der Waals surface area contributed by atoms with E-state index in [0.717, 1.165) is 39.0 Å². The van der Waals surface area contributed by atoms with Crippen LogP contribution in [-0.2, 0) is 13.2 Å². The van der Waals surface area contributed by atoms with Gasteiger partial charge in [-0.25, -0.2) is 4.98 Å². The molecule has 0 unspecified atom stereocenters. The maximum Gasteiger partial charge on any atom is 0.212 e. The molecule has 4 rings (SSSR count). The third-order valence-corrected chi connectivity index (χ3v) is 5.16. The van der Waals surface area contributed by atoms with Gasteiger partial charge in [-0.05, 0) is 42.0 Å². The van der Waals surface area contributed by atoms with Crippen LogP contribution in [0.3, 0.4) is 0 Å². The predicted octanol–water partition coefficient (Wildman–Crippen LogP) is 4.13. The van der Waals surface area contributed by atoms with Crippen LogP contribution < -0.4 is 9.47 Å². The Labute approximate surface area is 174 Å². The predicted molar refractivity (Wildman–Crippen MR) is 114 cm³/mol. The molecule has 30 heavy (non-hydrogen) atoms. The number of methoxy groups -OCH3 is 2. The minimum absolute atomic E-state index is 0.151. The molecule has 6 heteroatoms. The Morgan fingerprint density at radius 2 is 1.93 bits per heavy atom. The normalized spacial score (nSPS) is 10.7. The molecule has 0 aliphatic carbocycles. The summed E-state index contributed by atoms with van der Waals surface area (Å²) in [6, 6.07) is 19.3. The first kappa shape index (κ1) is 19.5. The summed E-state index contributed by atoms with van der Waals surface area (Å²) in [7, 11) is 3.21. The first-order chi connectivity index (χ1) is 14.7. The summed E-state index contributed by atoms with van der Waals surface area (Å²) >= 11 is 0. The number of benzene rings is 2. The molecule has 0 saturated carbocycles. The van der Waals surface area contributed by atoms with Gasteiger partial charge in [0.2, 0.25) is 5.88 Å².